The number of ether oxygens (including phenoxy) is 1. The lowest BCUT2D eigenvalue weighted by Crippen LogP contribution is -2.26. The van der Waals surface area contributed by atoms with Crippen molar-refractivity contribution in [3.05, 3.63) is 75.9 Å². The first-order valence-corrected chi connectivity index (χ1v) is 9.66. The zero-order valence-corrected chi connectivity index (χ0v) is 16.5. The molecule has 0 unspecified atom stereocenters. The van der Waals surface area contributed by atoms with Crippen LogP contribution in [-0.4, -0.2) is 15.9 Å². The van der Waals surface area contributed by atoms with Crippen LogP contribution in [0.5, 0.6) is 5.88 Å². The second-order valence-corrected chi connectivity index (χ2v) is 8.06. The molecule has 140 valence electrons. The van der Waals surface area contributed by atoms with Crippen LogP contribution in [0, 0.1) is 0 Å². The zero-order valence-electron chi connectivity index (χ0n) is 15.7. The van der Waals surface area contributed by atoms with E-state index in [1.54, 1.807) is 11.7 Å². The van der Waals surface area contributed by atoms with E-state index < -0.39 is 0 Å². The van der Waals surface area contributed by atoms with Crippen molar-refractivity contribution in [3.63, 3.8) is 0 Å². The van der Waals surface area contributed by atoms with Crippen LogP contribution in [0.2, 0.25) is 0 Å². The Morgan fingerprint density at radius 3 is 2.63 bits per heavy atom. The van der Waals surface area contributed by atoms with Crippen LogP contribution in [0.25, 0.3) is 0 Å². The molecule has 0 atom stereocenters. The van der Waals surface area contributed by atoms with Gasteiger partial charge in [-0.05, 0) is 11.6 Å². The number of carbonyl (C=O) groups is 1. The number of thiazole rings is 1. The number of aromatic nitrogens is 2. The number of pyridine rings is 1. The summed E-state index contributed by atoms with van der Waals surface area (Å²) in [6, 6.07) is 13.7. The van der Waals surface area contributed by atoms with Gasteiger partial charge in [0, 0.05) is 23.7 Å². The highest BCUT2D eigenvalue weighted by molar-refractivity contribution is 7.11. The predicted octanol–water partition coefficient (Wildman–Crippen LogP) is 4.34. The normalized spacial score (nSPS) is 11.2. The van der Waals surface area contributed by atoms with Crippen LogP contribution < -0.4 is 10.1 Å². The molecule has 0 radical (unpaired) electrons. The summed E-state index contributed by atoms with van der Waals surface area (Å²) in [6.07, 6.45) is 1.69. The van der Waals surface area contributed by atoms with Gasteiger partial charge in [0.2, 0.25) is 5.88 Å². The third-order valence-corrected chi connectivity index (χ3v) is 4.82. The number of nitrogens with zero attached hydrogens (tertiary/aromatic N) is 2. The number of rotatable bonds is 6. The van der Waals surface area contributed by atoms with E-state index in [2.05, 4.69) is 36.1 Å². The van der Waals surface area contributed by atoms with E-state index >= 15 is 0 Å². The maximum Gasteiger partial charge on any atom is 0.263 e. The van der Waals surface area contributed by atoms with Crippen molar-refractivity contribution in [1.29, 1.82) is 0 Å². The Morgan fingerprint density at radius 2 is 1.89 bits per heavy atom. The molecule has 1 N–H and O–H groups in total. The van der Waals surface area contributed by atoms with Gasteiger partial charge in [-0.25, -0.2) is 9.97 Å². The van der Waals surface area contributed by atoms with Gasteiger partial charge in [0.1, 0.15) is 11.5 Å². The highest BCUT2D eigenvalue weighted by Crippen LogP contribution is 2.27. The minimum atomic E-state index is -0.176. The standard InChI is InChI=1S/C21H23N3O2S/c1-21(2,3)18-17(27-14-24-18)19(25)23-12-16-10-7-11-22-20(16)26-13-15-8-5-4-6-9-15/h4-11,14H,12-13H2,1-3H3,(H,23,25). The van der Waals surface area contributed by atoms with Crippen LogP contribution in [0.1, 0.15) is 47.3 Å². The van der Waals surface area contributed by atoms with Crippen LogP contribution in [0.15, 0.2) is 54.2 Å². The van der Waals surface area contributed by atoms with Crippen LogP contribution in [0.3, 0.4) is 0 Å². The van der Waals surface area contributed by atoms with Crippen molar-refractivity contribution in [2.45, 2.75) is 39.3 Å². The average molecular weight is 382 g/mol. The Hall–Kier alpha value is -2.73. The summed E-state index contributed by atoms with van der Waals surface area (Å²) in [4.78, 5) is 22.0. The van der Waals surface area contributed by atoms with Gasteiger partial charge in [-0.3, -0.25) is 4.79 Å². The van der Waals surface area contributed by atoms with E-state index in [1.165, 1.54) is 11.3 Å². The van der Waals surface area contributed by atoms with E-state index in [9.17, 15) is 4.79 Å². The summed E-state index contributed by atoms with van der Waals surface area (Å²) in [7, 11) is 0. The average Bonchev–Trinajstić information content (AvgIpc) is 3.16. The van der Waals surface area contributed by atoms with Gasteiger partial charge in [0.25, 0.3) is 5.91 Å². The number of amides is 1. The van der Waals surface area contributed by atoms with E-state index in [-0.39, 0.29) is 11.3 Å². The molecule has 5 nitrogen and oxygen atoms in total. The quantitative estimate of drug-likeness (QED) is 0.690. The van der Waals surface area contributed by atoms with Gasteiger partial charge in [0.05, 0.1) is 11.2 Å². The van der Waals surface area contributed by atoms with Gasteiger partial charge in [-0.15, -0.1) is 11.3 Å². The SMILES string of the molecule is CC(C)(C)c1ncsc1C(=O)NCc1cccnc1OCc1ccccc1. The van der Waals surface area contributed by atoms with Gasteiger partial charge < -0.3 is 10.1 Å². The van der Waals surface area contributed by atoms with Gasteiger partial charge in [-0.1, -0.05) is 57.2 Å². The predicted molar refractivity (Wildman–Crippen MR) is 107 cm³/mol. The maximum atomic E-state index is 12.6. The van der Waals surface area contributed by atoms with Gasteiger partial charge in [0.15, 0.2) is 0 Å². The number of hydrogen-bond acceptors (Lipinski definition) is 5. The van der Waals surface area contributed by atoms with E-state index in [0.29, 0.717) is 23.9 Å². The van der Waals surface area contributed by atoms with Crippen molar-refractivity contribution >= 4 is 17.2 Å². The van der Waals surface area contributed by atoms with E-state index in [4.69, 9.17) is 4.74 Å². The number of carbonyl (C=O) groups excluding carboxylic acids is 1. The Labute approximate surface area is 163 Å². The Kier molecular flexibility index (Phi) is 5.86. The van der Waals surface area contributed by atoms with Crippen molar-refractivity contribution < 1.29 is 9.53 Å². The number of benzene rings is 1. The second kappa shape index (κ2) is 8.31. The Morgan fingerprint density at radius 1 is 1.11 bits per heavy atom. The Balaban J connectivity index is 1.66. The fourth-order valence-corrected chi connectivity index (χ4v) is 3.53. The molecule has 0 bridgehead atoms. The molecule has 0 saturated heterocycles. The highest BCUT2D eigenvalue weighted by Gasteiger charge is 2.24. The van der Waals surface area contributed by atoms with Crippen molar-refractivity contribution in [2.24, 2.45) is 0 Å². The second-order valence-electron chi connectivity index (χ2n) is 7.20. The van der Waals surface area contributed by atoms with Crippen LogP contribution in [0.4, 0.5) is 0 Å². The van der Waals surface area contributed by atoms with Crippen LogP contribution >= 0.6 is 11.3 Å². The molecule has 6 heteroatoms. The first-order chi connectivity index (χ1) is 12.9. The molecule has 0 saturated carbocycles. The van der Waals surface area contributed by atoms with E-state index in [0.717, 1.165) is 16.8 Å². The molecule has 1 aromatic carbocycles. The monoisotopic (exact) mass is 381 g/mol. The summed E-state index contributed by atoms with van der Waals surface area (Å²) in [5.74, 6) is 0.405. The van der Waals surface area contributed by atoms with Crippen molar-refractivity contribution in [2.75, 3.05) is 0 Å². The van der Waals surface area contributed by atoms with Crippen molar-refractivity contribution in [1.82, 2.24) is 15.3 Å². The van der Waals surface area contributed by atoms with Crippen LogP contribution in [-0.2, 0) is 18.6 Å². The first-order valence-electron chi connectivity index (χ1n) is 8.78. The molecule has 0 fully saturated rings. The molecule has 27 heavy (non-hydrogen) atoms. The molecule has 0 aliphatic carbocycles. The molecule has 1 amide bonds. The molecule has 0 aliphatic rings. The number of nitrogens with one attached hydrogen (secondary N) is 1. The van der Waals surface area contributed by atoms with Gasteiger partial charge in [-0.2, -0.15) is 0 Å². The summed E-state index contributed by atoms with van der Waals surface area (Å²) < 4.78 is 5.85. The lowest BCUT2D eigenvalue weighted by molar-refractivity contribution is 0.0952. The van der Waals surface area contributed by atoms with Crippen molar-refractivity contribution in [3.8, 4) is 5.88 Å². The zero-order chi connectivity index (χ0) is 19.3. The molecule has 3 aromatic rings. The molecule has 0 aliphatic heterocycles. The molecule has 3 rings (SSSR count). The first kappa shape index (κ1) is 19.0. The minimum absolute atomic E-state index is 0.125. The third kappa shape index (κ3) is 4.92. The summed E-state index contributed by atoms with van der Waals surface area (Å²) in [5.41, 5.74) is 4.26. The molecule has 2 heterocycles. The third-order valence-electron chi connectivity index (χ3n) is 3.99. The lowest BCUT2D eigenvalue weighted by Gasteiger charge is -2.17. The topological polar surface area (TPSA) is 64.1 Å². The summed E-state index contributed by atoms with van der Waals surface area (Å²) in [5, 5.41) is 2.96. The smallest absolute Gasteiger partial charge is 0.263 e. The molecular formula is C21H23N3O2S. The number of hydrogen-bond donors (Lipinski definition) is 1. The van der Waals surface area contributed by atoms with Gasteiger partial charge >= 0.3 is 0 Å². The fraction of sp³-hybridized carbons (Fsp3) is 0.286. The molecule has 2 aromatic heterocycles. The molecule has 0 spiro atoms. The lowest BCUT2D eigenvalue weighted by atomic mass is 9.91. The summed E-state index contributed by atoms with van der Waals surface area (Å²) in [6.45, 7) is 6.93. The maximum absolute atomic E-state index is 12.6. The largest absolute Gasteiger partial charge is 0.473 e. The fourth-order valence-electron chi connectivity index (χ4n) is 2.61. The summed E-state index contributed by atoms with van der Waals surface area (Å²) >= 11 is 1.36. The van der Waals surface area contributed by atoms with E-state index in [1.807, 2.05) is 42.5 Å². The molecular weight excluding hydrogens is 358 g/mol. The Bertz CT molecular complexity index is 901. The highest BCUT2D eigenvalue weighted by atomic mass is 32.1. The minimum Gasteiger partial charge on any atom is -0.473 e.